The number of nitrogens with one attached hydrogen (secondary N) is 1. The van der Waals surface area contributed by atoms with Crippen LogP contribution in [0.3, 0.4) is 0 Å². The number of amides is 1. The van der Waals surface area contributed by atoms with Gasteiger partial charge in [0.1, 0.15) is 5.82 Å². The SMILES string of the molecule is O=C(Nc1ccc(F)cc1Br)c1ccc(Cl)o1. The van der Waals surface area contributed by atoms with E-state index in [1.165, 1.54) is 30.3 Å². The Morgan fingerprint density at radius 2 is 2.12 bits per heavy atom. The van der Waals surface area contributed by atoms with E-state index in [9.17, 15) is 9.18 Å². The van der Waals surface area contributed by atoms with Crippen molar-refractivity contribution >= 4 is 39.1 Å². The predicted octanol–water partition coefficient (Wildman–Crippen LogP) is 4.09. The van der Waals surface area contributed by atoms with Crippen LogP contribution in [0.4, 0.5) is 10.1 Å². The van der Waals surface area contributed by atoms with Crippen LogP contribution in [0.5, 0.6) is 0 Å². The monoisotopic (exact) mass is 317 g/mol. The highest BCUT2D eigenvalue weighted by Crippen LogP contribution is 2.24. The summed E-state index contributed by atoms with van der Waals surface area (Å²) in [4.78, 5) is 11.7. The first-order valence-electron chi connectivity index (χ1n) is 4.58. The standard InChI is InChI=1S/C11H6BrClFNO2/c12-7-5-6(14)1-2-8(7)15-11(16)9-3-4-10(13)17-9/h1-5H,(H,15,16). The number of halogens is 3. The summed E-state index contributed by atoms with van der Waals surface area (Å²) in [5.74, 6) is -0.758. The molecule has 0 unspecified atom stereocenters. The van der Waals surface area contributed by atoms with Crippen LogP contribution in [0.1, 0.15) is 10.6 Å². The molecule has 6 heteroatoms. The summed E-state index contributed by atoms with van der Waals surface area (Å²) in [6.07, 6.45) is 0. The summed E-state index contributed by atoms with van der Waals surface area (Å²) in [5.41, 5.74) is 0.448. The fourth-order valence-corrected chi connectivity index (χ4v) is 1.81. The van der Waals surface area contributed by atoms with Crippen LogP contribution in [0.15, 0.2) is 39.2 Å². The van der Waals surface area contributed by atoms with Gasteiger partial charge in [-0.25, -0.2) is 4.39 Å². The molecular weight excluding hydrogens is 312 g/mol. The predicted molar refractivity (Wildman–Crippen MR) is 65.8 cm³/mol. The molecule has 0 aliphatic carbocycles. The van der Waals surface area contributed by atoms with E-state index in [1.807, 2.05) is 0 Å². The molecular formula is C11H6BrClFNO2. The quantitative estimate of drug-likeness (QED) is 0.906. The number of carbonyl (C=O) groups excluding carboxylic acids is 1. The molecule has 0 saturated carbocycles. The van der Waals surface area contributed by atoms with Gasteiger partial charge in [0.2, 0.25) is 0 Å². The highest BCUT2D eigenvalue weighted by Gasteiger charge is 2.12. The van der Waals surface area contributed by atoms with Crippen molar-refractivity contribution in [2.24, 2.45) is 0 Å². The van der Waals surface area contributed by atoms with Gasteiger partial charge in [-0.3, -0.25) is 4.79 Å². The van der Waals surface area contributed by atoms with Crippen LogP contribution in [-0.2, 0) is 0 Å². The molecule has 2 aromatic rings. The van der Waals surface area contributed by atoms with Gasteiger partial charge in [0, 0.05) is 4.47 Å². The summed E-state index contributed by atoms with van der Waals surface area (Å²) in [7, 11) is 0. The van der Waals surface area contributed by atoms with Gasteiger partial charge in [0.25, 0.3) is 5.91 Å². The molecule has 1 aromatic carbocycles. The third-order valence-electron chi connectivity index (χ3n) is 1.98. The van der Waals surface area contributed by atoms with Crippen LogP contribution >= 0.6 is 27.5 Å². The van der Waals surface area contributed by atoms with Crippen molar-refractivity contribution in [1.29, 1.82) is 0 Å². The molecule has 1 amide bonds. The van der Waals surface area contributed by atoms with E-state index >= 15 is 0 Å². The van der Waals surface area contributed by atoms with Crippen LogP contribution in [0.2, 0.25) is 5.22 Å². The number of carbonyl (C=O) groups is 1. The molecule has 0 spiro atoms. The van der Waals surface area contributed by atoms with Gasteiger partial charge in [-0.2, -0.15) is 0 Å². The molecule has 1 heterocycles. The first-order chi connectivity index (χ1) is 8.06. The molecule has 3 nitrogen and oxygen atoms in total. The number of hydrogen-bond donors (Lipinski definition) is 1. The Bertz CT molecular complexity index is 570. The van der Waals surface area contributed by atoms with E-state index in [0.29, 0.717) is 10.2 Å². The molecule has 0 saturated heterocycles. The molecule has 1 N–H and O–H groups in total. The minimum atomic E-state index is -0.454. The summed E-state index contributed by atoms with van der Waals surface area (Å²) in [5, 5.41) is 2.69. The smallest absolute Gasteiger partial charge is 0.291 e. The Labute approximate surface area is 110 Å². The minimum Gasteiger partial charge on any atom is -0.440 e. The van der Waals surface area contributed by atoms with E-state index in [-0.39, 0.29) is 11.0 Å². The number of hydrogen-bond acceptors (Lipinski definition) is 2. The highest BCUT2D eigenvalue weighted by molar-refractivity contribution is 9.10. The Hall–Kier alpha value is -1.33. The van der Waals surface area contributed by atoms with Gasteiger partial charge in [-0.15, -0.1) is 0 Å². The Morgan fingerprint density at radius 1 is 1.35 bits per heavy atom. The first-order valence-corrected chi connectivity index (χ1v) is 5.75. The lowest BCUT2D eigenvalue weighted by molar-refractivity contribution is 0.0996. The van der Waals surface area contributed by atoms with Crippen molar-refractivity contribution in [3.63, 3.8) is 0 Å². The fourth-order valence-electron chi connectivity index (χ4n) is 1.21. The second-order valence-corrected chi connectivity index (χ2v) is 4.41. The molecule has 0 aliphatic heterocycles. The van der Waals surface area contributed by atoms with Gasteiger partial charge in [0.05, 0.1) is 5.69 Å². The average molecular weight is 319 g/mol. The van der Waals surface area contributed by atoms with E-state index in [0.717, 1.165) is 0 Å². The Kier molecular flexibility index (Phi) is 3.49. The lowest BCUT2D eigenvalue weighted by atomic mass is 10.3. The first kappa shape index (κ1) is 12.1. The molecule has 0 fully saturated rings. The number of furan rings is 1. The summed E-state index contributed by atoms with van der Waals surface area (Å²) in [6.45, 7) is 0. The summed E-state index contributed by atoms with van der Waals surface area (Å²) >= 11 is 8.70. The third-order valence-corrected chi connectivity index (χ3v) is 2.84. The summed E-state index contributed by atoms with van der Waals surface area (Å²) < 4.78 is 18.2. The molecule has 0 bridgehead atoms. The van der Waals surface area contributed by atoms with Crippen molar-refractivity contribution in [2.45, 2.75) is 0 Å². The maximum atomic E-state index is 12.8. The fraction of sp³-hybridized carbons (Fsp3) is 0. The maximum absolute atomic E-state index is 12.8. The Morgan fingerprint density at radius 3 is 2.71 bits per heavy atom. The van der Waals surface area contributed by atoms with Gasteiger partial charge < -0.3 is 9.73 Å². The second kappa shape index (κ2) is 4.89. The lowest BCUT2D eigenvalue weighted by Crippen LogP contribution is -2.11. The van der Waals surface area contributed by atoms with Crippen molar-refractivity contribution < 1.29 is 13.6 Å². The molecule has 0 aliphatic rings. The second-order valence-electron chi connectivity index (χ2n) is 3.18. The molecule has 17 heavy (non-hydrogen) atoms. The highest BCUT2D eigenvalue weighted by atomic mass is 79.9. The molecule has 1 aromatic heterocycles. The zero-order valence-electron chi connectivity index (χ0n) is 8.34. The normalized spacial score (nSPS) is 10.3. The molecule has 0 radical (unpaired) electrons. The van der Waals surface area contributed by atoms with Gasteiger partial charge in [0.15, 0.2) is 11.0 Å². The van der Waals surface area contributed by atoms with E-state index in [1.54, 1.807) is 0 Å². The topological polar surface area (TPSA) is 42.2 Å². The number of rotatable bonds is 2. The molecule has 88 valence electrons. The maximum Gasteiger partial charge on any atom is 0.291 e. The van der Waals surface area contributed by atoms with E-state index < -0.39 is 11.7 Å². The third kappa shape index (κ3) is 2.87. The van der Waals surface area contributed by atoms with Crippen LogP contribution in [0.25, 0.3) is 0 Å². The van der Waals surface area contributed by atoms with Gasteiger partial charge in [-0.1, -0.05) is 0 Å². The van der Waals surface area contributed by atoms with Crippen LogP contribution in [-0.4, -0.2) is 5.91 Å². The molecule has 2 rings (SSSR count). The number of anilines is 1. The Balaban J connectivity index is 2.18. The summed E-state index contributed by atoms with van der Waals surface area (Å²) in [6, 6.07) is 6.87. The van der Waals surface area contributed by atoms with E-state index in [2.05, 4.69) is 21.2 Å². The van der Waals surface area contributed by atoms with Crippen molar-refractivity contribution in [3.8, 4) is 0 Å². The number of benzene rings is 1. The van der Waals surface area contributed by atoms with Crippen molar-refractivity contribution in [3.05, 3.63) is 51.6 Å². The van der Waals surface area contributed by atoms with E-state index in [4.69, 9.17) is 16.0 Å². The van der Waals surface area contributed by atoms with Crippen LogP contribution < -0.4 is 5.32 Å². The molecule has 0 atom stereocenters. The zero-order chi connectivity index (χ0) is 12.4. The van der Waals surface area contributed by atoms with Crippen molar-refractivity contribution in [2.75, 3.05) is 5.32 Å². The zero-order valence-corrected chi connectivity index (χ0v) is 10.7. The average Bonchev–Trinajstić information content (AvgIpc) is 2.69. The largest absolute Gasteiger partial charge is 0.440 e. The lowest BCUT2D eigenvalue weighted by Gasteiger charge is -2.05. The van der Waals surface area contributed by atoms with Gasteiger partial charge in [-0.05, 0) is 57.9 Å². The van der Waals surface area contributed by atoms with Crippen molar-refractivity contribution in [1.82, 2.24) is 0 Å². The van der Waals surface area contributed by atoms with Gasteiger partial charge >= 0.3 is 0 Å². The minimum absolute atomic E-state index is 0.0891. The van der Waals surface area contributed by atoms with Crippen LogP contribution in [0, 0.1) is 5.82 Å².